The van der Waals surface area contributed by atoms with Gasteiger partial charge in [0.1, 0.15) is 24.4 Å². The predicted molar refractivity (Wildman–Crippen MR) is 292 cm³/mol. The van der Waals surface area contributed by atoms with E-state index in [0.717, 1.165) is 19.3 Å². The molecule has 375 valence electrons. The molecular formula is C52H104N2O8Y-2. The van der Waals surface area contributed by atoms with Crippen molar-refractivity contribution >= 4 is 5.91 Å². The zero-order valence-corrected chi connectivity index (χ0v) is 39.3. The maximum atomic E-state index is 12.7. The largest absolute Gasteiger partial charge is 0.470 e. The molecule has 0 aliphatic carbocycles. The molecule has 0 aromatic carbocycles. The SMILES string of the molecule is [CH2-]NCC1OC(OC[C@H](NC(=O)C#CC#CC#CC#CC#CC#CC#CC#CC#CC#CC#CC#CC)[C@H](O)[C@H](O)CCCCCCCCCCCCCC)C(O)C(O)C1O.[CH3-].[HH].[HH].[HH].[HH].[HH].[HH].[HH].[HH].[HH].[HH].[HH].[HH].[HH].[HH].[HH].[HH].[HH].[HH].[HH].[HH].[HH].[HH].[HH].[HH].[Y]. The van der Waals surface area contributed by atoms with Crippen LogP contribution >= 0.6 is 0 Å². The number of rotatable bonds is 21. The minimum absolute atomic E-state index is 0. The first kappa shape index (κ1) is 60.1. The topological polar surface area (TPSA) is 161 Å². The first-order valence-corrected chi connectivity index (χ1v) is 20.2. The molecule has 1 radical (unpaired) electrons. The number of ether oxygens (including phenoxy) is 2. The van der Waals surface area contributed by atoms with E-state index < -0.39 is 61.5 Å². The number of aliphatic hydroxyl groups excluding tert-OH is 5. The van der Waals surface area contributed by atoms with Crippen molar-refractivity contribution in [3.8, 4) is 142 Å². The van der Waals surface area contributed by atoms with Gasteiger partial charge in [-0.05, 0) is 115 Å². The molecule has 0 saturated carbocycles. The minimum Gasteiger partial charge on any atom is -0.470 e. The molecule has 5 unspecified atom stereocenters. The van der Waals surface area contributed by atoms with Gasteiger partial charge in [0, 0.05) is 108 Å². The van der Waals surface area contributed by atoms with E-state index in [1.165, 1.54) is 51.4 Å². The first-order chi connectivity index (χ1) is 29.8. The first-order valence-electron chi connectivity index (χ1n) is 20.2. The van der Waals surface area contributed by atoms with Gasteiger partial charge in [-0.15, -0.1) is 0 Å². The molecule has 0 aromatic rings. The average molecular weight is 974 g/mol. The number of hydrogen-bond donors (Lipinski definition) is 7. The van der Waals surface area contributed by atoms with Crippen LogP contribution < -0.4 is 10.6 Å². The fraction of sp³-hybridized carbons (Fsp3) is 0.481. The Morgan fingerprint density at radius 1 is 0.635 bits per heavy atom. The smallest absolute Gasteiger partial charge is 0.297 e. The van der Waals surface area contributed by atoms with Crippen LogP contribution in [-0.4, -0.2) is 93.5 Å². The van der Waals surface area contributed by atoms with Crippen LogP contribution in [0.2, 0.25) is 0 Å². The van der Waals surface area contributed by atoms with Crippen molar-refractivity contribution < 1.29 is 107 Å². The second-order valence-corrected chi connectivity index (χ2v) is 13.2. The molecule has 1 aliphatic heterocycles. The summed E-state index contributed by atoms with van der Waals surface area (Å²) < 4.78 is 11.3. The van der Waals surface area contributed by atoms with Crippen molar-refractivity contribution in [3.05, 3.63) is 14.5 Å². The quantitative estimate of drug-likeness (QED) is 0.0345. The molecule has 63 heavy (non-hydrogen) atoms. The summed E-state index contributed by atoms with van der Waals surface area (Å²) in [4.78, 5) is 12.7. The van der Waals surface area contributed by atoms with Crippen molar-refractivity contribution in [2.45, 2.75) is 146 Å². The molecule has 0 bridgehead atoms. The summed E-state index contributed by atoms with van der Waals surface area (Å²) in [5, 5.41) is 58.1. The van der Waals surface area contributed by atoms with Gasteiger partial charge in [-0.1, -0.05) is 89.9 Å². The van der Waals surface area contributed by atoms with E-state index in [2.05, 4.69) is 167 Å². The van der Waals surface area contributed by atoms with Gasteiger partial charge in [0.2, 0.25) is 0 Å². The van der Waals surface area contributed by atoms with Crippen LogP contribution in [0.4, 0.5) is 0 Å². The van der Waals surface area contributed by atoms with E-state index in [1.54, 1.807) is 6.92 Å². The molecule has 11 heteroatoms. The standard InChI is InChI=1S/C51H53N2O8.CH3.Y.24H2/c1-4-6-8-10-12-14-16-18-19-20-21-22-23-24-25-26-27-28-30-32-34-36-38-40-46(55)53-43(42-60-51-50(59)49(58)48(57)45(61-51)41-52-3)47(56)44(54)39-37-35-33-31-29-17-15-13-11-9-7-5-2;;;;;;;;;;;;;;;;;;;;;;;;;;/h43-45,47-52,54,56-59H,3,5,7,9,11,13,15,17,29,31,33,35,37,39,41-42H2,1-2H3,(H,53,55);1H3;;24*1H/q2*-1;;;;;;;;;;;;;;;;;;;;;;;;;/t43-,44+,45?,47-,48?,49?,50?,51?;;;;;;;;;;;;;;;;;;;;;;;;;;/m0........................../s1. The number of hydrogen-bond acceptors (Lipinski definition) is 9. The van der Waals surface area contributed by atoms with E-state index in [0.29, 0.717) is 6.42 Å². The van der Waals surface area contributed by atoms with Crippen LogP contribution in [-0.2, 0) is 47.0 Å². The fourth-order valence-corrected chi connectivity index (χ4v) is 5.40. The zero-order chi connectivity index (χ0) is 44.6. The van der Waals surface area contributed by atoms with E-state index >= 15 is 0 Å². The van der Waals surface area contributed by atoms with Gasteiger partial charge < -0.3 is 53.1 Å². The van der Waals surface area contributed by atoms with Gasteiger partial charge in [-0.2, -0.15) is 0 Å². The number of aliphatic hydroxyl groups is 5. The second-order valence-electron chi connectivity index (χ2n) is 13.2. The Bertz CT molecular complexity index is 2240. The average Bonchev–Trinajstić information content (AvgIpc) is 3.25. The number of carbonyl (C=O) groups excluding carboxylic acids is 1. The summed E-state index contributed by atoms with van der Waals surface area (Å²) in [5.74, 6) is 58.6. The predicted octanol–water partition coefficient (Wildman–Crippen LogP) is 7.90. The van der Waals surface area contributed by atoms with Gasteiger partial charge in [0.05, 0.1) is 24.9 Å². The third kappa shape index (κ3) is 31.5. The molecule has 8 atom stereocenters. The molecule has 7 N–H and O–H groups in total. The van der Waals surface area contributed by atoms with E-state index in [9.17, 15) is 30.3 Å². The van der Waals surface area contributed by atoms with Crippen molar-refractivity contribution in [2.75, 3.05) is 13.2 Å². The number of amides is 1. The van der Waals surface area contributed by atoms with Gasteiger partial charge in [-0.3, -0.25) is 11.8 Å². The second kappa shape index (κ2) is 42.3. The Hall–Kier alpha value is -5.03. The maximum absolute atomic E-state index is 12.7. The van der Waals surface area contributed by atoms with Crippen molar-refractivity contribution in [2.24, 2.45) is 0 Å². The molecular weight excluding hydrogens is 869 g/mol. The van der Waals surface area contributed by atoms with Crippen LogP contribution in [0.25, 0.3) is 0 Å². The van der Waals surface area contributed by atoms with Crippen LogP contribution in [0, 0.1) is 157 Å². The molecule has 1 heterocycles. The van der Waals surface area contributed by atoms with Crippen LogP contribution in [0.5, 0.6) is 0 Å². The molecule has 1 saturated heterocycles. The summed E-state index contributed by atoms with van der Waals surface area (Å²) in [7, 11) is 3.49. The summed E-state index contributed by atoms with van der Waals surface area (Å²) in [5.41, 5.74) is 0. The monoisotopic (exact) mass is 974 g/mol. The molecule has 0 aromatic heterocycles. The van der Waals surface area contributed by atoms with Gasteiger partial charge in [-0.25, -0.2) is 0 Å². The fourth-order valence-electron chi connectivity index (χ4n) is 5.40. The Kier molecular flexibility index (Phi) is 40.3. The molecule has 1 fully saturated rings. The normalized spacial score (nSPS) is 17.1. The van der Waals surface area contributed by atoms with E-state index in [4.69, 9.17) is 9.47 Å². The van der Waals surface area contributed by atoms with Crippen LogP contribution in [0.15, 0.2) is 0 Å². The number of nitrogens with one attached hydrogen (secondary N) is 2. The van der Waals surface area contributed by atoms with E-state index in [1.807, 2.05) is 0 Å². The van der Waals surface area contributed by atoms with Gasteiger partial charge >= 0.3 is 0 Å². The third-order valence-electron chi connectivity index (χ3n) is 8.54. The van der Waals surface area contributed by atoms with Gasteiger partial charge in [0.15, 0.2) is 6.29 Å². The van der Waals surface area contributed by atoms with Crippen LogP contribution in [0.3, 0.4) is 0 Å². The molecule has 1 aliphatic rings. The summed E-state index contributed by atoms with van der Waals surface area (Å²) in [6.07, 6.45) is 4.32. The maximum Gasteiger partial charge on any atom is 0.297 e. The Labute approximate surface area is 438 Å². The van der Waals surface area contributed by atoms with Gasteiger partial charge in [0.25, 0.3) is 5.91 Å². The Balaban J connectivity index is -0.0000000596. The Morgan fingerprint density at radius 2 is 1.03 bits per heavy atom. The van der Waals surface area contributed by atoms with Crippen molar-refractivity contribution in [3.63, 3.8) is 0 Å². The third-order valence-corrected chi connectivity index (χ3v) is 8.54. The van der Waals surface area contributed by atoms with E-state index in [-0.39, 0.29) is 87.3 Å². The molecule has 10 nitrogen and oxygen atoms in total. The number of unbranched alkanes of at least 4 members (excludes halogenated alkanes) is 11. The minimum atomic E-state index is -1.64. The van der Waals surface area contributed by atoms with Crippen LogP contribution in [0.1, 0.15) is 132 Å². The number of carbonyl (C=O) groups is 1. The summed E-state index contributed by atoms with van der Waals surface area (Å²) in [6, 6.07) is -1.20. The zero-order valence-electron chi connectivity index (χ0n) is 36.5. The molecule has 0 spiro atoms. The Morgan fingerprint density at radius 3 is 1.44 bits per heavy atom. The summed E-state index contributed by atoms with van der Waals surface area (Å²) in [6.45, 7) is 3.50. The molecule has 1 rings (SSSR count). The van der Waals surface area contributed by atoms with Crippen molar-refractivity contribution in [1.82, 2.24) is 10.6 Å². The van der Waals surface area contributed by atoms with Crippen molar-refractivity contribution in [1.29, 1.82) is 0 Å². The summed E-state index contributed by atoms with van der Waals surface area (Å²) >= 11 is 0. The molecule has 1 amide bonds.